The van der Waals surface area contributed by atoms with Gasteiger partial charge in [0.2, 0.25) is 0 Å². The first-order valence-electron chi connectivity index (χ1n) is 7.21. The summed E-state index contributed by atoms with van der Waals surface area (Å²) in [5.74, 6) is 0. The molecule has 0 fully saturated rings. The van der Waals surface area contributed by atoms with Crippen LogP contribution in [0.15, 0.2) is 33.2 Å². The van der Waals surface area contributed by atoms with Crippen LogP contribution >= 0.6 is 31.9 Å². The van der Waals surface area contributed by atoms with Crippen LogP contribution in [0.1, 0.15) is 30.8 Å². The molecule has 0 bridgehead atoms. The molecule has 0 aliphatic carbocycles. The Morgan fingerprint density at radius 3 is 2.62 bits per heavy atom. The van der Waals surface area contributed by atoms with E-state index >= 15 is 0 Å². The molecule has 0 aliphatic heterocycles. The van der Waals surface area contributed by atoms with Gasteiger partial charge in [0.05, 0.1) is 22.0 Å². The minimum atomic E-state index is -0.415. The Morgan fingerprint density at radius 2 is 2.00 bits per heavy atom. The number of halogens is 2. The third-order valence-electron chi connectivity index (χ3n) is 3.48. The minimum Gasteiger partial charge on any atom is -0.392 e. The van der Waals surface area contributed by atoms with Crippen LogP contribution in [-0.4, -0.2) is 21.0 Å². The fourth-order valence-electron chi connectivity index (χ4n) is 2.44. The Balaban J connectivity index is 2.12. The van der Waals surface area contributed by atoms with Crippen LogP contribution in [0, 0.1) is 0 Å². The molecule has 1 aromatic heterocycles. The Morgan fingerprint density at radius 1 is 1.24 bits per heavy atom. The van der Waals surface area contributed by atoms with Gasteiger partial charge in [0.15, 0.2) is 0 Å². The van der Waals surface area contributed by atoms with Crippen molar-refractivity contribution in [3.63, 3.8) is 0 Å². The molecule has 0 saturated carbocycles. The van der Waals surface area contributed by atoms with Gasteiger partial charge in [-0.3, -0.25) is 4.68 Å². The summed E-state index contributed by atoms with van der Waals surface area (Å²) >= 11 is 7.09. The molecule has 0 radical (unpaired) electrons. The first-order valence-corrected chi connectivity index (χ1v) is 8.80. The number of aromatic nitrogens is 2. The number of aliphatic hydroxyl groups excluding tert-OH is 1. The van der Waals surface area contributed by atoms with Crippen LogP contribution in [-0.2, 0) is 25.8 Å². The van der Waals surface area contributed by atoms with E-state index in [1.165, 1.54) is 0 Å². The van der Waals surface area contributed by atoms with E-state index in [0.29, 0.717) is 12.8 Å². The number of aryl methyl sites for hydroxylation is 2. The molecule has 0 saturated heterocycles. The lowest BCUT2D eigenvalue weighted by Crippen LogP contribution is -2.17. The number of hydrogen-bond acceptors (Lipinski definition) is 2. The van der Waals surface area contributed by atoms with Gasteiger partial charge < -0.3 is 5.11 Å². The van der Waals surface area contributed by atoms with Crippen molar-refractivity contribution < 1.29 is 5.11 Å². The van der Waals surface area contributed by atoms with Gasteiger partial charge in [0, 0.05) is 17.4 Å². The predicted octanol–water partition coefficient (Wildman–Crippen LogP) is 4.14. The Hall–Kier alpha value is -0.650. The van der Waals surface area contributed by atoms with Crippen molar-refractivity contribution in [2.45, 2.75) is 45.8 Å². The molecular formula is C16H20Br2N2O. The van der Waals surface area contributed by atoms with E-state index in [1.54, 1.807) is 0 Å². The molecule has 0 aliphatic rings. The van der Waals surface area contributed by atoms with Gasteiger partial charge >= 0.3 is 0 Å². The number of nitrogens with zero attached hydrogens (tertiary/aromatic N) is 2. The Kier molecular flexibility index (Phi) is 6.02. The highest BCUT2D eigenvalue weighted by Gasteiger charge is 2.17. The zero-order valence-electron chi connectivity index (χ0n) is 12.3. The normalized spacial score (nSPS) is 12.6. The average Bonchev–Trinajstić information content (AvgIpc) is 2.75. The fourth-order valence-corrected chi connectivity index (χ4v) is 3.62. The highest BCUT2D eigenvalue weighted by atomic mass is 79.9. The Labute approximate surface area is 142 Å². The van der Waals surface area contributed by atoms with Gasteiger partial charge in [-0.1, -0.05) is 35.0 Å². The third-order valence-corrected chi connectivity index (χ3v) is 4.89. The highest BCUT2D eigenvalue weighted by molar-refractivity contribution is 9.10. The van der Waals surface area contributed by atoms with E-state index < -0.39 is 6.10 Å². The standard InChI is InChI=1S/C16H20Br2N2O/c1-3-14-16(18)15(20(4-2)19-14)10-13(21)9-11-6-5-7-12(17)8-11/h5-8,13,21H,3-4,9-10H2,1-2H3. The quantitative estimate of drug-likeness (QED) is 0.769. The van der Waals surface area contributed by atoms with Crippen LogP contribution in [0.25, 0.3) is 0 Å². The molecule has 21 heavy (non-hydrogen) atoms. The molecule has 5 heteroatoms. The summed E-state index contributed by atoms with van der Waals surface area (Å²) in [5.41, 5.74) is 3.27. The monoisotopic (exact) mass is 414 g/mol. The van der Waals surface area contributed by atoms with Crippen molar-refractivity contribution in [3.8, 4) is 0 Å². The zero-order chi connectivity index (χ0) is 15.4. The molecule has 114 valence electrons. The van der Waals surface area contributed by atoms with Crippen molar-refractivity contribution >= 4 is 31.9 Å². The Bertz CT molecular complexity index is 610. The minimum absolute atomic E-state index is 0.415. The summed E-state index contributed by atoms with van der Waals surface area (Å²) in [6, 6.07) is 8.07. The molecule has 0 amide bonds. The van der Waals surface area contributed by atoms with Crippen molar-refractivity contribution in [3.05, 3.63) is 50.2 Å². The van der Waals surface area contributed by atoms with Gasteiger partial charge in [-0.2, -0.15) is 5.10 Å². The lowest BCUT2D eigenvalue weighted by Gasteiger charge is -2.12. The highest BCUT2D eigenvalue weighted by Crippen LogP contribution is 2.24. The van der Waals surface area contributed by atoms with E-state index in [0.717, 1.165) is 38.9 Å². The summed E-state index contributed by atoms with van der Waals surface area (Å²) in [7, 11) is 0. The molecule has 1 atom stereocenters. The van der Waals surface area contributed by atoms with Gasteiger partial charge in [-0.15, -0.1) is 0 Å². The maximum Gasteiger partial charge on any atom is 0.0766 e. The van der Waals surface area contributed by atoms with Crippen molar-refractivity contribution in [2.75, 3.05) is 0 Å². The lowest BCUT2D eigenvalue weighted by molar-refractivity contribution is 0.172. The maximum atomic E-state index is 10.4. The molecule has 2 aromatic rings. The van der Waals surface area contributed by atoms with Crippen LogP contribution in [0.2, 0.25) is 0 Å². The summed E-state index contributed by atoms with van der Waals surface area (Å²) in [6.07, 6.45) is 1.72. The average molecular weight is 416 g/mol. The molecular weight excluding hydrogens is 396 g/mol. The smallest absolute Gasteiger partial charge is 0.0766 e. The first kappa shape index (κ1) is 16.7. The molecule has 1 N–H and O–H groups in total. The second-order valence-corrected chi connectivity index (χ2v) is 6.78. The largest absolute Gasteiger partial charge is 0.392 e. The summed E-state index contributed by atoms with van der Waals surface area (Å²) < 4.78 is 4.06. The summed E-state index contributed by atoms with van der Waals surface area (Å²) in [5, 5.41) is 15.0. The summed E-state index contributed by atoms with van der Waals surface area (Å²) in [6.45, 7) is 4.98. The summed E-state index contributed by atoms with van der Waals surface area (Å²) in [4.78, 5) is 0. The van der Waals surface area contributed by atoms with E-state index in [9.17, 15) is 5.11 Å². The van der Waals surface area contributed by atoms with Gasteiger partial charge in [-0.25, -0.2) is 0 Å². The molecule has 1 unspecified atom stereocenters. The molecule has 3 nitrogen and oxygen atoms in total. The molecule has 1 aromatic carbocycles. The second-order valence-electron chi connectivity index (χ2n) is 5.07. The van der Waals surface area contributed by atoms with Crippen molar-refractivity contribution in [1.29, 1.82) is 0 Å². The van der Waals surface area contributed by atoms with Gasteiger partial charge in [0.25, 0.3) is 0 Å². The SMILES string of the molecule is CCc1nn(CC)c(CC(O)Cc2cccc(Br)c2)c1Br. The van der Waals surface area contributed by atoms with E-state index in [1.807, 2.05) is 28.9 Å². The van der Waals surface area contributed by atoms with Crippen LogP contribution in [0.5, 0.6) is 0 Å². The van der Waals surface area contributed by atoms with Crippen LogP contribution in [0.3, 0.4) is 0 Å². The number of hydrogen-bond donors (Lipinski definition) is 1. The number of benzene rings is 1. The second kappa shape index (κ2) is 7.56. The van der Waals surface area contributed by atoms with Crippen molar-refractivity contribution in [2.24, 2.45) is 0 Å². The third kappa shape index (κ3) is 4.18. The maximum absolute atomic E-state index is 10.4. The van der Waals surface area contributed by atoms with Crippen LogP contribution in [0.4, 0.5) is 0 Å². The number of aliphatic hydroxyl groups is 1. The van der Waals surface area contributed by atoms with Gasteiger partial charge in [-0.05, 0) is 53.4 Å². The molecule has 1 heterocycles. The van der Waals surface area contributed by atoms with E-state index in [4.69, 9.17) is 0 Å². The zero-order valence-corrected chi connectivity index (χ0v) is 15.5. The predicted molar refractivity (Wildman–Crippen MR) is 92.5 cm³/mol. The van der Waals surface area contributed by atoms with Gasteiger partial charge in [0.1, 0.15) is 0 Å². The molecule has 0 spiro atoms. The lowest BCUT2D eigenvalue weighted by atomic mass is 10.0. The number of rotatable bonds is 6. The fraction of sp³-hybridized carbons (Fsp3) is 0.438. The van der Waals surface area contributed by atoms with Crippen molar-refractivity contribution in [1.82, 2.24) is 9.78 Å². The van der Waals surface area contributed by atoms with E-state index in [2.05, 4.69) is 50.8 Å². The first-order chi connectivity index (χ1) is 10.0. The topological polar surface area (TPSA) is 38.0 Å². The van der Waals surface area contributed by atoms with E-state index in [-0.39, 0.29) is 0 Å². The van der Waals surface area contributed by atoms with Crippen LogP contribution < -0.4 is 0 Å². The molecule has 2 rings (SSSR count).